The largest absolute Gasteiger partial charge is 0.481 e. The third-order valence-electron chi connectivity index (χ3n) is 6.20. The van der Waals surface area contributed by atoms with Gasteiger partial charge in [-0.05, 0) is 74.1 Å². The molecule has 33 heavy (non-hydrogen) atoms. The van der Waals surface area contributed by atoms with Crippen molar-refractivity contribution < 1.29 is 9.53 Å². The third kappa shape index (κ3) is 5.89. The van der Waals surface area contributed by atoms with Gasteiger partial charge in [0.1, 0.15) is 5.75 Å². The quantitative estimate of drug-likeness (QED) is 0.532. The van der Waals surface area contributed by atoms with Gasteiger partial charge in [-0.15, -0.1) is 10.2 Å². The molecule has 0 radical (unpaired) electrons. The summed E-state index contributed by atoms with van der Waals surface area (Å²) in [6.45, 7) is 8.21. The minimum Gasteiger partial charge on any atom is -0.481 e. The summed E-state index contributed by atoms with van der Waals surface area (Å²) < 4.78 is 5.80. The van der Waals surface area contributed by atoms with Crippen molar-refractivity contribution in [1.29, 1.82) is 0 Å². The van der Waals surface area contributed by atoms with Crippen LogP contribution in [0.1, 0.15) is 39.2 Å². The van der Waals surface area contributed by atoms with Gasteiger partial charge < -0.3 is 15.0 Å². The monoisotopic (exact) mass is 444 g/mol. The molecule has 2 aromatic carbocycles. The first-order valence-electron chi connectivity index (χ1n) is 11.8. The number of nitrogens with zero attached hydrogens (tertiary/aromatic N) is 3. The first kappa shape index (κ1) is 22.8. The zero-order chi connectivity index (χ0) is 23.2. The number of nitrogens with one attached hydrogen (secondary N) is 1. The molecule has 0 aliphatic carbocycles. The van der Waals surface area contributed by atoms with E-state index < -0.39 is 6.10 Å². The Morgan fingerprint density at radius 3 is 2.52 bits per heavy atom. The van der Waals surface area contributed by atoms with Crippen LogP contribution >= 0.6 is 0 Å². The van der Waals surface area contributed by atoms with Crippen LogP contribution in [0.5, 0.6) is 5.75 Å². The fourth-order valence-electron chi connectivity index (χ4n) is 3.95. The standard InChI is InChI=1S/C27H32N4O2/c1-4-21-8-10-24(11-9-21)33-20(3)27(32)28-23-7-5-6-22(18-23)25-12-13-26(30-29-25)31-16-14-19(2)15-17-31/h5-13,18-20H,4,14-17H2,1-3H3,(H,28,32). The fourth-order valence-corrected chi connectivity index (χ4v) is 3.95. The highest BCUT2D eigenvalue weighted by molar-refractivity contribution is 5.94. The molecule has 1 aliphatic heterocycles. The number of aryl methyl sites for hydroxylation is 1. The highest BCUT2D eigenvalue weighted by Crippen LogP contribution is 2.25. The number of benzene rings is 2. The van der Waals surface area contributed by atoms with Crippen molar-refractivity contribution in [2.45, 2.75) is 46.1 Å². The molecule has 4 rings (SSSR count). The van der Waals surface area contributed by atoms with E-state index in [0.717, 1.165) is 42.5 Å². The Bertz CT molecular complexity index is 1060. The van der Waals surface area contributed by atoms with Gasteiger partial charge in [0, 0.05) is 24.3 Å². The Morgan fingerprint density at radius 2 is 1.85 bits per heavy atom. The molecule has 1 unspecified atom stereocenters. The second-order valence-electron chi connectivity index (χ2n) is 8.77. The Hall–Kier alpha value is -3.41. The van der Waals surface area contributed by atoms with Gasteiger partial charge >= 0.3 is 0 Å². The number of ether oxygens (including phenoxy) is 1. The Kier molecular flexibility index (Phi) is 7.23. The molecule has 6 nitrogen and oxygen atoms in total. The minimum absolute atomic E-state index is 0.201. The van der Waals surface area contributed by atoms with Crippen LogP contribution in [0, 0.1) is 5.92 Å². The molecule has 1 saturated heterocycles. The van der Waals surface area contributed by atoms with Crippen molar-refractivity contribution >= 4 is 17.4 Å². The summed E-state index contributed by atoms with van der Waals surface area (Å²) >= 11 is 0. The molecule has 6 heteroatoms. The van der Waals surface area contributed by atoms with Crippen LogP contribution in [0.3, 0.4) is 0 Å². The number of amides is 1. The molecule has 0 saturated carbocycles. The number of hydrogen-bond donors (Lipinski definition) is 1. The maximum Gasteiger partial charge on any atom is 0.265 e. The summed E-state index contributed by atoms with van der Waals surface area (Å²) in [5.74, 6) is 2.18. The number of rotatable bonds is 7. The zero-order valence-corrected chi connectivity index (χ0v) is 19.6. The second-order valence-corrected chi connectivity index (χ2v) is 8.77. The van der Waals surface area contributed by atoms with E-state index in [9.17, 15) is 4.79 Å². The second kappa shape index (κ2) is 10.5. The number of piperidine rings is 1. The number of carbonyl (C=O) groups is 1. The lowest BCUT2D eigenvalue weighted by Gasteiger charge is -2.30. The van der Waals surface area contributed by atoms with Gasteiger partial charge in [0.05, 0.1) is 5.69 Å². The number of carbonyl (C=O) groups excluding carboxylic acids is 1. The van der Waals surface area contributed by atoms with E-state index in [0.29, 0.717) is 11.4 Å². The predicted octanol–water partition coefficient (Wildman–Crippen LogP) is 5.35. The Morgan fingerprint density at radius 1 is 1.09 bits per heavy atom. The summed E-state index contributed by atoms with van der Waals surface area (Å²) in [6.07, 6.45) is 2.74. The lowest BCUT2D eigenvalue weighted by atomic mass is 9.99. The number of hydrogen-bond acceptors (Lipinski definition) is 5. The average molecular weight is 445 g/mol. The van der Waals surface area contributed by atoms with Gasteiger partial charge in [-0.1, -0.05) is 38.1 Å². The van der Waals surface area contributed by atoms with E-state index in [1.54, 1.807) is 6.92 Å². The first-order valence-corrected chi connectivity index (χ1v) is 11.8. The van der Waals surface area contributed by atoms with Gasteiger partial charge in [0.25, 0.3) is 5.91 Å². The predicted molar refractivity (Wildman–Crippen MR) is 133 cm³/mol. The molecule has 0 bridgehead atoms. The summed E-state index contributed by atoms with van der Waals surface area (Å²) in [7, 11) is 0. The van der Waals surface area contributed by atoms with E-state index in [-0.39, 0.29) is 5.91 Å². The molecular formula is C27H32N4O2. The zero-order valence-electron chi connectivity index (χ0n) is 19.6. The normalized spacial score (nSPS) is 15.2. The third-order valence-corrected chi connectivity index (χ3v) is 6.20. The summed E-state index contributed by atoms with van der Waals surface area (Å²) in [5, 5.41) is 11.8. The minimum atomic E-state index is -0.618. The summed E-state index contributed by atoms with van der Waals surface area (Å²) in [5.41, 5.74) is 3.62. The van der Waals surface area contributed by atoms with Crippen LogP contribution in [-0.4, -0.2) is 35.3 Å². The molecular weight excluding hydrogens is 412 g/mol. The van der Waals surface area contributed by atoms with Gasteiger partial charge in [-0.2, -0.15) is 0 Å². The Labute approximate surface area is 196 Å². The lowest BCUT2D eigenvalue weighted by molar-refractivity contribution is -0.122. The Balaban J connectivity index is 1.38. The van der Waals surface area contributed by atoms with Crippen LogP contribution in [-0.2, 0) is 11.2 Å². The number of aromatic nitrogens is 2. The maximum absolute atomic E-state index is 12.7. The SMILES string of the molecule is CCc1ccc(OC(C)C(=O)Nc2cccc(-c3ccc(N4CCC(C)CC4)nn3)c2)cc1. The maximum atomic E-state index is 12.7. The van der Waals surface area contributed by atoms with Gasteiger partial charge in [0.2, 0.25) is 0 Å². The van der Waals surface area contributed by atoms with Crippen molar-refractivity contribution in [2.24, 2.45) is 5.92 Å². The highest BCUT2D eigenvalue weighted by Gasteiger charge is 2.18. The average Bonchev–Trinajstić information content (AvgIpc) is 2.85. The molecule has 1 aliphatic rings. The molecule has 1 fully saturated rings. The van der Waals surface area contributed by atoms with Gasteiger partial charge in [-0.3, -0.25) is 4.79 Å². The van der Waals surface area contributed by atoms with Gasteiger partial charge in [0.15, 0.2) is 11.9 Å². The highest BCUT2D eigenvalue weighted by atomic mass is 16.5. The lowest BCUT2D eigenvalue weighted by Crippen LogP contribution is -2.33. The van der Waals surface area contributed by atoms with Crippen molar-refractivity contribution in [3.63, 3.8) is 0 Å². The topological polar surface area (TPSA) is 67.3 Å². The fraction of sp³-hybridized carbons (Fsp3) is 0.370. The van der Waals surface area contributed by atoms with E-state index in [1.165, 1.54) is 18.4 Å². The molecule has 1 N–H and O–H groups in total. The molecule has 172 valence electrons. The molecule has 0 spiro atoms. The summed E-state index contributed by atoms with van der Waals surface area (Å²) in [6, 6.07) is 19.5. The molecule has 3 aromatic rings. The van der Waals surface area contributed by atoms with Crippen molar-refractivity contribution in [2.75, 3.05) is 23.3 Å². The van der Waals surface area contributed by atoms with Gasteiger partial charge in [-0.25, -0.2) is 0 Å². The van der Waals surface area contributed by atoms with Crippen molar-refractivity contribution in [1.82, 2.24) is 10.2 Å². The first-order chi connectivity index (χ1) is 16.0. The van der Waals surface area contributed by atoms with E-state index in [1.807, 2.05) is 60.7 Å². The van der Waals surface area contributed by atoms with Crippen molar-refractivity contribution in [3.8, 4) is 17.0 Å². The van der Waals surface area contributed by atoms with Crippen LogP contribution < -0.4 is 15.0 Å². The van der Waals surface area contributed by atoms with Crippen LogP contribution in [0.4, 0.5) is 11.5 Å². The van der Waals surface area contributed by atoms with E-state index in [4.69, 9.17) is 4.74 Å². The van der Waals surface area contributed by atoms with Crippen LogP contribution in [0.25, 0.3) is 11.3 Å². The smallest absolute Gasteiger partial charge is 0.265 e. The van der Waals surface area contributed by atoms with E-state index in [2.05, 4.69) is 34.3 Å². The molecule has 1 aromatic heterocycles. The van der Waals surface area contributed by atoms with E-state index >= 15 is 0 Å². The summed E-state index contributed by atoms with van der Waals surface area (Å²) in [4.78, 5) is 15.0. The molecule has 1 atom stereocenters. The molecule has 2 heterocycles. The van der Waals surface area contributed by atoms with Crippen LogP contribution in [0.15, 0.2) is 60.7 Å². The van der Waals surface area contributed by atoms with Crippen molar-refractivity contribution in [3.05, 3.63) is 66.2 Å². The molecule has 1 amide bonds. The van der Waals surface area contributed by atoms with Crippen LogP contribution in [0.2, 0.25) is 0 Å². The number of anilines is 2.